The summed E-state index contributed by atoms with van der Waals surface area (Å²) in [6, 6.07) is 6.42. The molecule has 1 aliphatic heterocycles. The second-order valence-electron chi connectivity index (χ2n) is 6.46. The van der Waals surface area contributed by atoms with Crippen molar-refractivity contribution in [3.63, 3.8) is 0 Å². The van der Waals surface area contributed by atoms with E-state index < -0.39 is 47.6 Å². The summed E-state index contributed by atoms with van der Waals surface area (Å²) in [5.74, 6) is -2.38. The highest BCUT2D eigenvalue weighted by Crippen LogP contribution is 2.43. The van der Waals surface area contributed by atoms with Gasteiger partial charge in [-0.05, 0) is 19.9 Å². The monoisotopic (exact) mass is 402 g/mol. The van der Waals surface area contributed by atoms with Crippen LogP contribution < -0.4 is 0 Å². The van der Waals surface area contributed by atoms with Gasteiger partial charge in [-0.1, -0.05) is 30.3 Å². The molecule has 0 saturated heterocycles. The normalized spacial score (nSPS) is 23.2. The highest BCUT2D eigenvalue weighted by atomic mass is 19.4. The van der Waals surface area contributed by atoms with Crippen LogP contribution in [0.2, 0.25) is 0 Å². The molecule has 1 unspecified atom stereocenters. The molecule has 2 rings (SSSR count). The number of cyclic esters (lactones) is 1. The van der Waals surface area contributed by atoms with E-state index >= 15 is 0 Å². The van der Waals surface area contributed by atoms with Gasteiger partial charge in [-0.25, -0.2) is 9.59 Å². The van der Waals surface area contributed by atoms with E-state index in [1.807, 2.05) is 0 Å². The Bertz CT molecular complexity index is 746. The van der Waals surface area contributed by atoms with Gasteiger partial charge in [0.2, 0.25) is 0 Å². The van der Waals surface area contributed by atoms with E-state index in [9.17, 15) is 27.9 Å². The van der Waals surface area contributed by atoms with Gasteiger partial charge in [0, 0.05) is 24.7 Å². The second kappa shape index (κ2) is 8.32. The lowest BCUT2D eigenvalue weighted by atomic mass is 9.92. The molecular formula is C19H21F3O6. The maximum Gasteiger partial charge on any atom is 0.432 e. The summed E-state index contributed by atoms with van der Waals surface area (Å²) in [5, 5.41) is 9.75. The van der Waals surface area contributed by atoms with Gasteiger partial charge in [-0.15, -0.1) is 0 Å². The molecular weight excluding hydrogens is 381 g/mol. The number of hydrogen-bond acceptors (Lipinski definition) is 6. The fourth-order valence-electron chi connectivity index (χ4n) is 2.88. The largest absolute Gasteiger partial charge is 0.460 e. The molecule has 154 valence electrons. The number of hydrogen-bond donors (Lipinski definition) is 1. The molecule has 1 aromatic rings. The van der Waals surface area contributed by atoms with Crippen molar-refractivity contribution in [2.24, 2.45) is 0 Å². The Labute approximate surface area is 159 Å². The van der Waals surface area contributed by atoms with Gasteiger partial charge >= 0.3 is 18.1 Å². The summed E-state index contributed by atoms with van der Waals surface area (Å²) < 4.78 is 56.1. The summed E-state index contributed by atoms with van der Waals surface area (Å²) in [7, 11) is 0.769. The quantitative estimate of drug-likeness (QED) is 0.737. The van der Waals surface area contributed by atoms with Crippen molar-refractivity contribution in [2.75, 3.05) is 7.11 Å². The third-order valence-electron chi connectivity index (χ3n) is 4.40. The SMILES string of the molecule is COC(C(=O)O[C@@H](C)CC1=C[C@H](O)[C@@H](C)OC1=O)(c1ccccc1)C(F)(F)F. The maximum absolute atomic E-state index is 13.8. The summed E-state index contributed by atoms with van der Waals surface area (Å²) in [5.41, 5.74) is -3.72. The Morgan fingerprint density at radius 3 is 2.43 bits per heavy atom. The second-order valence-corrected chi connectivity index (χ2v) is 6.46. The van der Waals surface area contributed by atoms with E-state index in [2.05, 4.69) is 4.74 Å². The number of methoxy groups -OCH3 is 1. The van der Waals surface area contributed by atoms with Crippen LogP contribution in [-0.4, -0.2) is 48.6 Å². The molecule has 1 aliphatic rings. The molecule has 9 heteroatoms. The smallest absolute Gasteiger partial charge is 0.432 e. The van der Waals surface area contributed by atoms with E-state index in [0.717, 1.165) is 19.2 Å². The highest BCUT2D eigenvalue weighted by molar-refractivity contribution is 5.89. The number of halogens is 3. The molecule has 0 fully saturated rings. The van der Waals surface area contributed by atoms with E-state index in [1.54, 1.807) is 0 Å². The van der Waals surface area contributed by atoms with Gasteiger partial charge in [0.1, 0.15) is 18.3 Å². The molecule has 0 aromatic heterocycles. The van der Waals surface area contributed by atoms with E-state index in [1.165, 1.54) is 38.1 Å². The molecule has 0 bridgehead atoms. The number of aliphatic hydroxyl groups excluding tert-OH is 1. The van der Waals surface area contributed by atoms with Crippen molar-refractivity contribution in [1.82, 2.24) is 0 Å². The van der Waals surface area contributed by atoms with Crippen molar-refractivity contribution in [2.45, 2.75) is 50.4 Å². The molecule has 1 N–H and O–H groups in total. The molecule has 0 radical (unpaired) electrons. The summed E-state index contributed by atoms with van der Waals surface area (Å²) in [4.78, 5) is 24.4. The van der Waals surface area contributed by atoms with Gasteiger partial charge in [0.15, 0.2) is 0 Å². The molecule has 6 nitrogen and oxygen atoms in total. The van der Waals surface area contributed by atoms with Crippen molar-refractivity contribution in [1.29, 1.82) is 0 Å². The highest BCUT2D eigenvalue weighted by Gasteiger charge is 2.64. The van der Waals surface area contributed by atoms with Crippen LogP contribution in [0.15, 0.2) is 42.0 Å². The van der Waals surface area contributed by atoms with Gasteiger partial charge in [0.25, 0.3) is 5.60 Å². The Balaban J connectivity index is 2.24. The van der Waals surface area contributed by atoms with Crippen LogP contribution in [0.1, 0.15) is 25.8 Å². The Morgan fingerprint density at radius 2 is 1.89 bits per heavy atom. The number of benzene rings is 1. The third-order valence-corrected chi connectivity index (χ3v) is 4.40. The average Bonchev–Trinajstić information content (AvgIpc) is 2.60. The van der Waals surface area contributed by atoms with Crippen LogP contribution in [0.25, 0.3) is 0 Å². The zero-order chi connectivity index (χ0) is 21.1. The lowest BCUT2D eigenvalue weighted by Gasteiger charge is -2.33. The van der Waals surface area contributed by atoms with Gasteiger partial charge in [-0.2, -0.15) is 13.2 Å². The standard InChI is InChI=1S/C19H21F3O6/c1-11(9-13-10-15(23)12(2)28-16(13)24)27-17(25)18(26-3,19(20,21)22)14-7-5-4-6-8-14/h4-8,10-12,15,23H,9H2,1-3H3/t11-,12+,15-,18?/m0/s1. The molecule has 0 saturated carbocycles. The first-order valence-corrected chi connectivity index (χ1v) is 8.51. The van der Waals surface area contributed by atoms with Crippen LogP contribution in [0.4, 0.5) is 13.2 Å². The van der Waals surface area contributed by atoms with E-state index in [-0.39, 0.29) is 12.0 Å². The number of ether oxygens (including phenoxy) is 3. The van der Waals surface area contributed by atoms with Crippen molar-refractivity contribution >= 4 is 11.9 Å². The Kier molecular flexibility index (Phi) is 6.51. The first-order valence-electron chi connectivity index (χ1n) is 8.51. The predicted octanol–water partition coefficient (Wildman–Crippen LogP) is 2.65. The van der Waals surface area contributed by atoms with Crippen molar-refractivity contribution < 1.29 is 42.1 Å². The van der Waals surface area contributed by atoms with Crippen LogP contribution in [0.3, 0.4) is 0 Å². The fourth-order valence-corrected chi connectivity index (χ4v) is 2.88. The average molecular weight is 402 g/mol. The summed E-state index contributed by atoms with van der Waals surface area (Å²) >= 11 is 0. The maximum atomic E-state index is 13.8. The zero-order valence-corrected chi connectivity index (χ0v) is 15.5. The molecule has 0 amide bonds. The third kappa shape index (κ3) is 4.20. The molecule has 0 aliphatic carbocycles. The number of carbonyl (C=O) groups excluding carboxylic acids is 2. The number of rotatable bonds is 6. The summed E-state index contributed by atoms with van der Waals surface area (Å²) in [6.07, 6.45) is -6.96. The van der Waals surface area contributed by atoms with Gasteiger partial charge in [-0.3, -0.25) is 0 Å². The first kappa shape index (κ1) is 21.9. The summed E-state index contributed by atoms with van der Waals surface area (Å²) in [6.45, 7) is 2.83. The minimum atomic E-state index is -5.09. The fraction of sp³-hybridized carbons (Fsp3) is 0.474. The van der Waals surface area contributed by atoms with Crippen LogP contribution >= 0.6 is 0 Å². The first-order chi connectivity index (χ1) is 13.0. The molecule has 4 atom stereocenters. The van der Waals surface area contributed by atoms with Crippen LogP contribution in [0.5, 0.6) is 0 Å². The minimum absolute atomic E-state index is 0.0145. The number of carbonyl (C=O) groups is 2. The lowest BCUT2D eigenvalue weighted by Crippen LogP contribution is -2.52. The number of alkyl halides is 3. The minimum Gasteiger partial charge on any atom is -0.460 e. The topological polar surface area (TPSA) is 82.1 Å². The Hall–Kier alpha value is -2.39. The Morgan fingerprint density at radius 1 is 1.29 bits per heavy atom. The van der Waals surface area contributed by atoms with Crippen LogP contribution in [-0.2, 0) is 29.4 Å². The number of esters is 2. The molecule has 1 heterocycles. The van der Waals surface area contributed by atoms with Crippen molar-refractivity contribution in [3.8, 4) is 0 Å². The van der Waals surface area contributed by atoms with Gasteiger partial charge in [0.05, 0.1) is 0 Å². The predicted molar refractivity (Wildman–Crippen MR) is 91.0 cm³/mol. The van der Waals surface area contributed by atoms with E-state index in [0.29, 0.717) is 0 Å². The number of aliphatic hydroxyl groups is 1. The molecule has 0 spiro atoms. The lowest BCUT2D eigenvalue weighted by molar-refractivity contribution is -0.278. The van der Waals surface area contributed by atoms with Crippen molar-refractivity contribution in [3.05, 3.63) is 47.5 Å². The van der Waals surface area contributed by atoms with Crippen LogP contribution in [0, 0.1) is 0 Å². The van der Waals surface area contributed by atoms with Gasteiger partial charge < -0.3 is 19.3 Å². The zero-order valence-electron chi connectivity index (χ0n) is 15.5. The molecule has 1 aromatic carbocycles. The molecule has 28 heavy (non-hydrogen) atoms. The van der Waals surface area contributed by atoms with E-state index in [4.69, 9.17) is 9.47 Å².